The summed E-state index contributed by atoms with van der Waals surface area (Å²) in [4.78, 5) is 28.0. The minimum Gasteiger partial charge on any atom is -0.353 e. The van der Waals surface area contributed by atoms with E-state index in [9.17, 15) is 9.59 Å². The van der Waals surface area contributed by atoms with E-state index < -0.39 is 0 Å². The fraction of sp³-hybridized carbons (Fsp3) is 0.450. The highest BCUT2D eigenvalue weighted by Gasteiger charge is 2.15. The molecule has 1 aromatic carbocycles. The average molecular weight is 369 g/mol. The molecule has 27 heavy (non-hydrogen) atoms. The molecular formula is C20H27N5O2. The fourth-order valence-electron chi connectivity index (χ4n) is 3.39. The molecule has 0 radical (unpaired) electrons. The molecule has 3 N–H and O–H groups in total. The molecule has 2 aromatic rings. The van der Waals surface area contributed by atoms with E-state index >= 15 is 0 Å². The lowest BCUT2D eigenvalue weighted by Gasteiger charge is -2.22. The number of nitrogens with zero attached hydrogens (tertiary/aromatic N) is 2. The molecule has 1 fully saturated rings. The van der Waals surface area contributed by atoms with E-state index in [1.165, 1.54) is 19.3 Å². The number of amides is 3. The molecular weight excluding hydrogens is 342 g/mol. The molecule has 0 aliphatic heterocycles. The Morgan fingerprint density at radius 1 is 1.11 bits per heavy atom. The third-order valence-corrected chi connectivity index (χ3v) is 4.82. The normalized spacial score (nSPS) is 14.5. The molecule has 3 rings (SSSR count). The van der Waals surface area contributed by atoms with E-state index in [1.807, 2.05) is 35.0 Å². The van der Waals surface area contributed by atoms with Crippen LogP contribution < -0.4 is 16.0 Å². The van der Waals surface area contributed by atoms with E-state index in [4.69, 9.17) is 0 Å². The molecule has 3 amide bonds. The van der Waals surface area contributed by atoms with E-state index in [0.29, 0.717) is 25.6 Å². The number of aromatic nitrogens is 2. The zero-order chi connectivity index (χ0) is 18.9. The van der Waals surface area contributed by atoms with Crippen molar-refractivity contribution in [1.29, 1.82) is 0 Å². The van der Waals surface area contributed by atoms with Gasteiger partial charge in [-0.05, 0) is 24.5 Å². The second kappa shape index (κ2) is 9.75. The van der Waals surface area contributed by atoms with Crippen molar-refractivity contribution in [3.8, 4) is 5.69 Å². The van der Waals surface area contributed by atoms with Crippen LogP contribution in [0.25, 0.3) is 5.69 Å². The Kier molecular flexibility index (Phi) is 6.84. The van der Waals surface area contributed by atoms with Crippen LogP contribution >= 0.6 is 0 Å². The van der Waals surface area contributed by atoms with Gasteiger partial charge in [0.15, 0.2) is 0 Å². The van der Waals surface area contributed by atoms with E-state index in [-0.39, 0.29) is 11.9 Å². The summed E-state index contributed by atoms with van der Waals surface area (Å²) in [6, 6.07) is 7.86. The lowest BCUT2D eigenvalue weighted by molar-refractivity contribution is -0.121. The highest BCUT2D eigenvalue weighted by molar-refractivity contribution is 5.78. The summed E-state index contributed by atoms with van der Waals surface area (Å²) in [5, 5.41) is 8.64. The van der Waals surface area contributed by atoms with Crippen molar-refractivity contribution in [3.63, 3.8) is 0 Å². The minimum atomic E-state index is -0.277. The number of hydrogen-bond donors (Lipinski definition) is 3. The molecule has 1 aromatic heterocycles. The summed E-state index contributed by atoms with van der Waals surface area (Å²) in [6.45, 7) is 0.724. The Bertz CT molecular complexity index is 739. The summed E-state index contributed by atoms with van der Waals surface area (Å²) in [6.07, 6.45) is 11.4. The molecule has 1 aliphatic rings. The lowest BCUT2D eigenvalue weighted by Crippen LogP contribution is -2.40. The molecule has 7 nitrogen and oxygen atoms in total. The maximum atomic E-state index is 12.0. The highest BCUT2D eigenvalue weighted by Crippen LogP contribution is 2.17. The second-order valence-corrected chi connectivity index (χ2v) is 6.86. The van der Waals surface area contributed by atoms with Crippen molar-refractivity contribution in [2.45, 2.75) is 51.1 Å². The monoisotopic (exact) mass is 369 g/mol. The van der Waals surface area contributed by atoms with Crippen molar-refractivity contribution < 1.29 is 9.59 Å². The number of rotatable bonds is 7. The molecule has 1 heterocycles. The summed E-state index contributed by atoms with van der Waals surface area (Å²) in [5.41, 5.74) is 1.96. The Morgan fingerprint density at radius 2 is 1.93 bits per heavy atom. The maximum absolute atomic E-state index is 12.0. The minimum absolute atomic E-state index is 0.00709. The van der Waals surface area contributed by atoms with Gasteiger partial charge in [-0.25, -0.2) is 9.78 Å². The van der Waals surface area contributed by atoms with Crippen LogP contribution in [0.15, 0.2) is 43.0 Å². The number of hydrogen-bond acceptors (Lipinski definition) is 3. The summed E-state index contributed by atoms with van der Waals surface area (Å²) >= 11 is 0. The molecule has 1 aliphatic carbocycles. The third kappa shape index (κ3) is 5.84. The Morgan fingerprint density at radius 3 is 2.70 bits per heavy atom. The summed E-state index contributed by atoms with van der Waals surface area (Å²) < 4.78 is 1.91. The van der Waals surface area contributed by atoms with Gasteiger partial charge in [-0.2, -0.15) is 0 Å². The largest absolute Gasteiger partial charge is 0.353 e. The van der Waals surface area contributed by atoms with Crippen molar-refractivity contribution in [2.75, 3.05) is 6.54 Å². The van der Waals surface area contributed by atoms with Crippen LogP contribution in [-0.4, -0.2) is 34.1 Å². The number of carbonyl (C=O) groups excluding carboxylic acids is 2. The van der Waals surface area contributed by atoms with Crippen molar-refractivity contribution in [1.82, 2.24) is 25.5 Å². The van der Waals surface area contributed by atoms with Crippen molar-refractivity contribution in [3.05, 3.63) is 48.5 Å². The highest BCUT2D eigenvalue weighted by atomic mass is 16.2. The predicted octanol–water partition coefficient (Wildman–Crippen LogP) is 2.51. The quantitative estimate of drug-likeness (QED) is 0.701. The van der Waals surface area contributed by atoms with Gasteiger partial charge in [0, 0.05) is 37.9 Å². The van der Waals surface area contributed by atoms with Crippen LogP contribution in [0.4, 0.5) is 4.79 Å². The number of nitrogens with one attached hydrogen (secondary N) is 3. The van der Waals surface area contributed by atoms with Gasteiger partial charge >= 0.3 is 6.03 Å². The van der Waals surface area contributed by atoms with Crippen LogP contribution in [0.3, 0.4) is 0 Å². The lowest BCUT2D eigenvalue weighted by atomic mass is 9.95. The van der Waals surface area contributed by atoms with Crippen LogP contribution in [0.5, 0.6) is 0 Å². The van der Waals surface area contributed by atoms with Crippen LogP contribution in [0.1, 0.15) is 44.1 Å². The molecule has 0 atom stereocenters. The van der Waals surface area contributed by atoms with Crippen molar-refractivity contribution >= 4 is 11.9 Å². The van der Waals surface area contributed by atoms with Gasteiger partial charge in [0.25, 0.3) is 0 Å². The zero-order valence-corrected chi connectivity index (χ0v) is 15.5. The van der Waals surface area contributed by atoms with Gasteiger partial charge < -0.3 is 20.5 Å². The first-order chi connectivity index (χ1) is 13.2. The Labute approximate surface area is 159 Å². The smallest absolute Gasteiger partial charge is 0.315 e. The third-order valence-electron chi connectivity index (χ3n) is 4.82. The van der Waals surface area contributed by atoms with Crippen LogP contribution in [-0.2, 0) is 11.3 Å². The number of imidazole rings is 1. The van der Waals surface area contributed by atoms with E-state index in [0.717, 1.165) is 24.1 Å². The number of carbonyl (C=O) groups is 2. The number of urea groups is 1. The molecule has 0 bridgehead atoms. The summed E-state index contributed by atoms with van der Waals surface area (Å²) in [7, 11) is 0. The first-order valence-electron chi connectivity index (χ1n) is 9.59. The number of para-hydroxylation sites is 1. The first-order valence-corrected chi connectivity index (χ1v) is 9.59. The van der Waals surface area contributed by atoms with Gasteiger partial charge in [-0.15, -0.1) is 0 Å². The maximum Gasteiger partial charge on any atom is 0.315 e. The van der Waals surface area contributed by atoms with Gasteiger partial charge in [0.1, 0.15) is 0 Å². The van der Waals surface area contributed by atoms with Crippen LogP contribution in [0.2, 0.25) is 0 Å². The van der Waals surface area contributed by atoms with Gasteiger partial charge in [-0.1, -0.05) is 37.5 Å². The molecule has 7 heteroatoms. The second-order valence-electron chi connectivity index (χ2n) is 6.86. The Hall–Kier alpha value is -2.83. The number of benzene rings is 1. The van der Waals surface area contributed by atoms with Gasteiger partial charge in [0.05, 0.1) is 12.0 Å². The van der Waals surface area contributed by atoms with E-state index in [2.05, 4.69) is 20.9 Å². The Balaban J connectivity index is 1.38. The van der Waals surface area contributed by atoms with Gasteiger partial charge in [-0.3, -0.25) is 4.79 Å². The zero-order valence-electron chi connectivity index (χ0n) is 15.5. The van der Waals surface area contributed by atoms with Crippen molar-refractivity contribution in [2.24, 2.45) is 0 Å². The first kappa shape index (κ1) is 18.9. The molecule has 0 unspecified atom stereocenters. The standard InChI is InChI=1S/C20H27N5O2/c26-19(24-17-7-2-1-3-8-17)10-11-22-20(27)23-14-16-6-4-5-9-18(16)25-13-12-21-15-25/h4-6,9,12-13,15,17H,1-3,7-8,10-11,14H2,(H,24,26)(H2,22,23,27). The topological polar surface area (TPSA) is 88.1 Å². The average Bonchev–Trinajstić information content (AvgIpc) is 3.22. The SMILES string of the molecule is O=C(CCNC(=O)NCc1ccccc1-n1ccnc1)NC1CCCCC1. The molecule has 0 spiro atoms. The molecule has 1 saturated carbocycles. The molecule has 0 saturated heterocycles. The predicted molar refractivity (Wildman–Crippen MR) is 103 cm³/mol. The molecule has 144 valence electrons. The van der Waals surface area contributed by atoms with E-state index in [1.54, 1.807) is 12.5 Å². The summed E-state index contributed by atoms with van der Waals surface area (Å²) in [5.74, 6) is 0.00709. The van der Waals surface area contributed by atoms with Crippen LogP contribution in [0, 0.1) is 0 Å². The fourth-order valence-corrected chi connectivity index (χ4v) is 3.39. The van der Waals surface area contributed by atoms with Gasteiger partial charge in [0.2, 0.25) is 5.91 Å².